The summed E-state index contributed by atoms with van der Waals surface area (Å²) in [4.78, 5) is 14.8. The average Bonchev–Trinajstić information content (AvgIpc) is 2.66. The van der Waals surface area contributed by atoms with Crippen LogP contribution < -0.4 is 5.73 Å². The minimum absolute atomic E-state index is 0.243. The molecule has 1 amide bonds. The van der Waals surface area contributed by atoms with Gasteiger partial charge in [-0.05, 0) is 50.4 Å². The van der Waals surface area contributed by atoms with Crippen molar-refractivity contribution in [3.63, 3.8) is 0 Å². The third kappa shape index (κ3) is 3.71. The molecule has 0 bridgehead atoms. The van der Waals surface area contributed by atoms with Crippen LogP contribution in [0.5, 0.6) is 0 Å². The SMILES string of the molecule is CCC1CCCN(C(=O)C2CCC(N)C(C)C2)CC1. The van der Waals surface area contributed by atoms with Crippen molar-refractivity contribution < 1.29 is 4.79 Å². The molecule has 2 rings (SSSR count). The van der Waals surface area contributed by atoms with Gasteiger partial charge < -0.3 is 10.6 Å². The molecule has 1 heterocycles. The molecule has 19 heavy (non-hydrogen) atoms. The summed E-state index contributed by atoms with van der Waals surface area (Å²) in [6, 6.07) is 0.303. The normalized spacial score (nSPS) is 36.9. The first kappa shape index (κ1) is 14.8. The molecule has 4 atom stereocenters. The van der Waals surface area contributed by atoms with Gasteiger partial charge in [0.15, 0.2) is 0 Å². The molecule has 0 radical (unpaired) electrons. The smallest absolute Gasteiger partial charge is 0.225 e. The maximum Gasteiger partial charge on any atom is 0.225 e. The third-order valence-electron chi connectivity index (χ3n) is 5.32. The van der Waals surface area contributed by atoms with Crippen LogP contribution in [0, 0.1) is 17.8 Å². The van der Waals surface area contributed by atoms with E-state index in [1.54, 1.807) is 0 Å². The van der Waals surface area contributed by atoms with E-state index in [0.29, 0.717) is 17.9 Å². The number of nitrogens with zero attached hydrogens (tertiary/aromatic N) is 1. The topological polar surface area (TPSA) is 46.3 Å². The molecular formula is C16H30N2O. The fourth-order valence-corrected chi connectivity index (χ4v) is 3.70. The van der Waals surface area contributed by atoms with Crippen molar-refractivity contribution in [3.05, 3.63) is 0 Å². The van der Waals surface area contributed by atoms with Crippen LogP contribution in [0.2, 0.25) is 0 Å². The van der Waals surface area contributed by atoms with E-state index in [2.05, 4.69) is 18.7 Å². The molecule has 110 valence electrons. The highest BCUT2D eigenvalue weighted by atomic mass is 16.2. The molecule has 0 aromatic carbocycles. The van der Waals surface area contributed by atoms with Crippen LogP contribution in [-0.2, 0) is 4.79 Å². The Bertz CT molecular complexity index is 305. The maximum atomic E-state index is 12.6. The van der Waals surface area contributed by atoms with E-state index in [4.69, 9.17) is 5.73 Å². The highest BCUT2D eigenvalue weighted by molar-refractivity contribution is 5.79. The van der Waals surface area contributed by atoms with Crippen LogP contribution in [0.3, 0.4) is 0 Å². The number of amides is 1. The van der Waals surface area contributed by atoms with Crippen LogP contribution in [-0.4, -0.2) is 29.9 Å². The monoisotopic (exact) mass is 266 g/mol. The standard InChI is InChI=1S/C16H30N2O/c1-3-13-5-4-9-18(10-8-13)16(19)14-6-7-15(17)12(2)11-14/h12-15H,3-11,17H2,1-2H3. The van der Waals surface area contributed by atoms with Crippen molar-refractivity contribution in [3.8, 4) is 0 Å². The summed E-state index contributed by atoms with van der Waals surface area (Å²) in [5, 5.41) is 0. The fraction of sp³-hybridized carbons (Fsp3) is 0.938. The summed E-state index contributed by atoms with van der Waals surface area (Å²) in [5.74, 6) is 1.98. The quantitative estimate of drug-likeness (QED) is 0.835. The Kier molecular flexibility index (Phi) is 5.26. The zero-order chi connectivity index (χ0) is 13.8. The van der Waals surface area contributed by atoms with E-state index in [1.165, 1.54) is 25.7 Å². The Morgan fingerprint density at radius 2 is 2.00 bits per heavy atom. The molecule has 2 aliphatic rings. The summed E-state index contributed by atoms with van der Waals surface area (Å²) < 4.78 is 0. The molecule has 0 aromatic rings. The van der Waals surface area contributed by atoms with Gasteiger partial charge in [0.05, 0.1) is 0 Å². The lowest BCUT2D eigenvalue weighted by Gasteiger charge is -2.34. The lowest BCUT2D eigenvalue weighted by molar-refractivity contribution is -0.137. The molecule has 2 fully saturated rings. The minimum atomic E-state index is 0.243. The Labute approximate surface area is 117 Å². The van der Waals surface area contributed by atoms with Crippen LogP contribution >= 0.6 is 0 Å². The minimum Gasteiger partial charge on any atom is -0.342 e. The van der Waals surface area contributed by atoms with E-state index in [1.807, 2.05) is 0 Å². The summed E-state index contributed by atoms with van der Waals surface area (Å²) in [6.45, 7) is 6.42. The number of hydrogen-bond acceptors (Lipinski definition) is 2. The van der Waals surface area contributed by atoms with Crippen molar-refractivity contribution in [2.75, 3.05) is 13.1 Å². The summed E-state index contributed by atoms with van der Waals surface area (Å²) in [5.41, 5.74) is 6.06. The van der Waals surface area contributed by atoms with Gasteiger partial charge in [0.25, 0.3) is 0 Å². The number of carbonyl (C=O) groups is 1. The molecule has 3 heteroatoms. The van der Waals surface area contributed by atoms with E-state index < -0.39 is 0 Å². The second kappa shape index (κ2) is 6.74. The number of hydrogen-bond donors (Lipinski definition) is 1. The average molecular weight is 266 g/mol. The second-order valence-corrected chi connectivity index (χ2v) is 6.68. The lowest BCUT2D eigenvalue weighted by Crippen LogP contribution is -2.42. The molecule has 1 saturated heterocycles. The molecule has 2 N–H and O–H groups in total. The van der Waals surface area contributed by atoms with Gasteiger partial charge in [-0.3, -0.25) is 4.79 Å². The number of rotatable bonds is 2. The first-order valence-electron chi connectivity index (χ1n) is 8.16. The van der Waals surface area contributed by atoms with Gasteiger partial charge in [-0.25, -0.2) is 0 Å². The van der Waals surface area contributed by atoms with Crippen LogP contribution in [0.1, 0.15) is 58.8 Å². The lowest BCUT2D eigenvalue weighted by atomic mass is 9.78. The number of carbonyl (C=O) groups excluding carboxylic acids is 1. The zero-order valence-corrected chi connectivity index (χ0v) is 12.6. The second-order valence-electron chi connectivity index (χ2n) is 6.68. The van der Waals surface area contributed by atoms with Crippen molar-refractivity contribution in [1.29, 1.82) is 0 Å². The fourth-order valence-electron chi connectivity index (χ4n) is 3.70. The van der Waals surface area contributed by atoms with Gasteiger partial charge in [-0.1, -0.05) is 20.3 Å². The molecule has 1 saturated carbocycles. The molecule has 1 aliphatic carbocycles. The predicted molar refractivity (Wildman–Crippen MR) is 78.7 cm³/mol. The highest BCUT2D eigenvalue weighted by Gasteiger charge is 2.32. The van der Waals surface area contributed by atoms with Gasteiger partial charge in [-0.2, -0.15) is 0 Å². The van der Waals surface area contributed by atoms with Crippen molar-refractivity contribution in [2.45, 2.75) is 64.8 Å². The molecular weight excluding hydrogens is 236 g/mol. The van der Waals surface area contributed by atoms with Crippen LogP contribution in [0.25, 0.3) is 0 Å². The van der Waals surface area contributed by atoms with E-state index in [0.717, 1.165) is 38.3 Å². The van der Waals surface area contributed by atoms with Crippen molar-refractivity contribution >= 4 is 5.91 Å². The Balaban J connectivity index is 1.88. The van der Waals surface area contributed by atoms with Crippen molar-refractivity contribution in [2.24, 2.45) is 23.5 Å². The third-order valence-corrected chi connectivity index (χ3v) is 5.32. The van der Waals surface area contributed by atoms with Crippen LogP contribution in [0.15, 0.2) is 0 Å². The van der Waals surface area contributed by atoms with Gasteiger partial charge >= 0.3 is 0 Å². The first-order chi connectivity index (χ1) is 9.11. The van der Waals surface area contributed by atoms with Crippen molar-refractivity contribution in [1.82, 2.24) is 4.90 Å². The molecule has 3 nitrogen and oxygen atoms in total. The van der Waals surface area contributed by atoms with Gasteiger partial charge in [0.2, 0.25) is 5.91 Å². The Morgan fingerprint density at radius 1 is 1.21 bits per heavy atom. The van der Waals surface area contributed by atoms with Gasteiger partial charge in [0.1, 0.15) is 0 Å². The summed E-state index contributed by atoms with van der Waals surface area (Å²) in [6.07, 6.45) is 7.95. The molecule has 4 unspecified atom stereocenters. The molecule has 0 spiro atoms. The van der Waals surface area contributed by atoms with E-state index >= 15 is 0 Å². The van der Waals surface area contributed by atoms with Gasteiger partial charge in [-0.15, -0.1) is 0 Å². The maximum absolute atomic E-state index is 12.6. The molecule has 0 aromatic heterocycles. The van der Waals surface area contributed by atoms with Gasteiger partial charge in [0, 0.05) is 25.0 Å². The van der Waals surface area contributed by atoms with E-state index in [9.17, 15) is 4.79 Å². The summed E-state index contributed by atoms with van der Waals surface area (Å²) >= 11 is 0. The highest BCUT2D eigenvalue weighted by Crippen LogP contribution is 2.30. The Hall–Kier alpha value is -0.570. The first-order valence-corrected chi connectivity index (χ1v) is 8.16. The van der Waals surface area contributed by atoms with Crippen LogP contribution in [0.4, 0.5) is 0 Å². The molecule has 1 aliphatic heterocycles. The Morgan fingerprint density at radius 3 is 2.68 bits per heavy atom. The zero-order valence-electron chi connectivity index (χ0n) is 12.6. The largest absolute Gasteiger partial charge is 0.342 e. The predicted octanol–water partition coefficient (Wildman–Crippen LogP) is 2.79. The summed E-state index contributed by atoms with van der Waals surface area (Å²) in [7, 11) is 0. The number of nitrogens with two attached hydrogens (primary N) is 1. The van der Waals surface area contributed by atoms with E-state index in [-0.39, 0.29) is 5.92 Å². The number of likely N-dealkylation sites (tertiary alicyclic amines) is 1.